The summed E-state index contributed by atoms with van der Waals surface area (Å²) in [5, 5.41) is 0. The van der Waals surface area contributed by atoms with Crippen LogP contribution in [0.4, 0.5) is 0 Å². The van der Waals surface area contributed by atoms with Crippen LogP contribution in [-0.2, 0) is 33.4 Å². The Morgan fingerprint density at radius 3 is 2.51 bits per heavy atom. The summed E-state index contributed by atoms with van der Waals surface area (Å²) in [5.74, 6) is -3.86. The molecule has 9 heteroatoms. The Morgan fingerprint density at radius 2 is 1.91 bits per heavy atom. The second-order valence-corrected chi connectivity index (χ2v) is 11.1. The molecule has 1 saturated heterocycles. The number of Topliss-reactive ketones (excluding diaryl/α,β-unsaturated/α-hetero) is 1. The molecule has 35 heavy (non-hydrogen) atoms. The highest BCUT2D eigenvalue weighted by Gasteiger charge is 2.67. The van der Waals surface area contributed by atoms with Crippen molar-refractivity contribution in [3.8, 4) is 0 Å². The average molecular weight is 490 g/mol. The highest BCUT2D eigenvalue weighted by Crippen LogP contribution is 2.65. The summed E-state index contributed by atoms with van der Waals surface area (Å²) in [6.07, 6.45) is 2.70. The molecule has 8 atom stereocenters. The Balaban J connectivity index is 1.75. The number of ether oxygens (including phenoxy) is 3. The Hall–Kier alpha value is -2.68. The fourth-order valence-corrected chi connectivity index (χ4v) is 6.75. The average Bonchev–Trinajstić information content (AvgIpc) is 3.34. The van der Waals surface area contributed by atoms with E-state index in [4.69, 9.17) is 24.4 Å². The van der Waals surface area contributed by atoms with Crippen molar-refractivity contribution in [2.75, 3.05) is 7.11 Å². The number of esters is 3. The van der Waals surface area contributed by atoms with Crippen LogP contribution in [0.2, 0.25) is 0 Å². The standard InChI is InChI=1S/C26H35NO8/c1-13(2)19(27)24(31)34-17-10-16(22(29)32-5)25(3)8-6-15-23(30)35-18(14-7-9-33-12-14)11-26(15,4)21(25)20(17)28/h7,9,12-13,15-19,21H,6,8,10-11,27H2,1-5H3/t15-,16-,17-,18-,19-,21-,25-,26-/m0/s1. The molecular weight excluding hydrogens is 454 g/mol. The summed E-state index contributed by atoms with van der Waals surface area (Å²) in [6.45, 7) is 7.42. The van der Waals surface area contributed by atoms with Crippen molar-refractivity contribution in [1.82, 2.24) is 0 Å². The molecule has 0 amide bonds. The monoisotopic (exact) mass is 489 g/mol. The number of nitrogens with two attached hydrogens (primary N) is 1. The summed E-state index contributed by atoms with van der Waals surface area (Å²) >= 11 is 0. The minimum atomic E-state index is -1.14. The smallest absolute Gasteiger partial charge is 0.323 e. The summed E-state index contributed by atoms with van der Waals surface area (Å²) in [5.41, 5.74) is 5.10. The van der Waals surface area contributed by atoms with Crippen LogP contribution in [0.1, 0.15) is 65.0 Å². The highest BCUT2D eigenvalue weighted by molar-refractivity contribution is 5.93. The molecular formula is C26H35NO8. The second kappa shape index (κ2) is 9.08. The first kappa shape index (κ1) is 25.4. The lowest BCUT2D eigenvalue weighted by Gasteiger charge is -2.61. The van der Waals surface area contributed by atoms with Crippen molar-refractivity contribution in [2.45, 2.75) is 71.6 Å². The molecule has 2 saturated carbocycles. The zero-order chi connectivity index (χ0) is 25.7. The van der Waals surface area contributed by atoms with Gasteiger partial charge in [-0.1, -0.05) is 27.7 Å². The predicted octanol–water partition coefficient (Wildman–Crippen LogP) is 2.96. The Morgan fingerprint density at radius 1 is 1.20 bits per heavy atom. The first-order chi connectivity index (χ1) is 16.4. The third kappa shape index (κ3) is 4.07. The number of carbonyl (C=O) groups excluding carboxylic acids is 4. The van der Waals surface area contributed by atoms with Crippen LogP contribution in [0.15, 0.2) is 23.0 Å². The molecule has 0 bridgehead atoms. The maximum atomic E-state index is 14.1. The van der Waals surface area contributed by atoms with Gasteiger partial charge in [-0.25, -0.2) is 0 Å². The van der Waals surface area contributed by atoms with Gasteiger partial charge in [0.1, 0.15) is 12.1 Å². The Labute approximate surface area is 205 Å². The van der Waals surface area contributed by atoms with Crippen LogP contribution in [-0.4, -0.2) is 42.9 Å². The molecule has 0 radical (unpaired) electrons. The maximum absolute atomic E-state index is 14.1. The summed E-state index contributed by atoms with van der Waals surface area (Å²) in [7, 11) is 1.31. The van der Waals surface area contributed by atoms with Crippen molar-refractivity contribution in [3.63, 3.8) is 0 Å². The molecule has 0 unspecified atom stereocenters. The number of furan rings is 1. The summed E-state index contributed by atoms with van der Waals surface area (Å²) in [6, 6.07) is 0.846. The number of carbonyl (C=O) groups is 4. The molecule has 192 valence electrons. The number of hydrogen-bond donors (Lipinski definition) is 1. The van der Waals surface area contributed by atoms with Gasteiger partial charge in [0.05, 0.1) is 31.5 Å². The van der Waals surface area contributed by atoms with E-state index in [-0.39, 0.29) is 24.1 Å². The van der Waals surface area contributed by atoms with Crippen LogP contribution >= 0.6 is 0 Å². The zero-order valence-electron chi connectivity index (χ0n) is 20.9. The lowest BCUT2D eigenvalue weighted by molar-refractivity contribution is -0.210. The lowest BCUT2D eigenvalue weighted by atomic mass is 9.43. The summed E-state index contributed by atoms with van der Waals surface area (Å²) in [4.78, 5) is 52.9. The fourth-order valence-electron chi connectivity index (χ4n) is 6.75. The number of rotatable bonds is 5. The first-order valence-corrected chi connectivity index (χ1v) is 12.2. The maximum Gasteiger partial charge on any atom is 0.323 e. The van der Waals surface area contributed by atoms with Gasteiger partial charge in [0.25, 0.3) is 0 Å². The van der Waals surface area contributed by atoms with E-state index in [0.717, 1.165) is 0 Å². The van der Waals surface area contributed by atoms with Gasteiger partial charge in [-0.3, -0.25) is 19.2 Å². The van der Waals surface area contributed by atoms with Gasteiger partial charge in [0, 0.05) is 17.9 Å². The molecule has 2 heterocycles. The van der Waals surface area contributed by atoms with Crippen LogP contribution in [0, 0.1) is 34.5 Å². The zero-order valence-corrected chi connectivity index (χ0v) is 20.9. The van der Waals surface area contributed by atoms with E-state index in [1.165, 1.54) is 19.6 Å². The molecule has 2 aliphatic carbocycles. The number of hydrogen-bond acceptors (Lipinski definition) is 9. The molecule has 4 rings (SSSR count). The Kier molecular flexibility index (Phi) is 6.59. The number of fused-ring (bicyclic) bond motifs is 3. The fraction of sp³-hybridized carbons (Fsp3) is 0.692. The van der Waals surface area contributed by atoms with Crippen molar-refractivity contribution in [3.05, 3.63) is 24.2 Å². The van der Waals surface area contributed by atoms with Gasteiger partial charge in [0.2, 0.25) is 0 Å². The predicted molar refractivity (Wildman–Crippen MR) is 122 cm³/mol. The number of methoxy groups -OCH3 is 1. The van der Waals surface area contributed by atoms with Crippen molar-refractivity contribution >= 4 is 23.7 Å². The third-order valence-electron chi connectivity index (χ3n) is 8.75. The second-order valence-electron chi connectivity index (χ2n) is 11.1. The van der Waals surface area contributed by atoms with Gasteiger partial charge in [-0.15, -0.1) is 0 Å². The molecule has 9 nitrogen and oxygen atoms in total. The van der Waals surface area contributed by atoms with E-state index >= 15 is 0 Å². The third-order valence-corrected chi connectivity index (χ3v) is 8.75. The minimum Gasteiger partial charge on any atom is -0.472 e. The Bertz CT molecular complexity index is 1000. The van der Waals surface area contributed by atoms with Crippen LogP contribution in [0.5, 0.6) is 0 Å². The topological polar surface area (TPSA) is 135 Å². The number of ketones is 1. The van der Waals surface area contributed by atoms with Gasteiger partial charge < -0.3 is 24.4 Å². The van der Waals surface area contributed by atoms with Gasteiger partial charge in [0.15, 0.2) is 11.9 Å². The summed E-state index contributed by atoms with van der Waals surface area (Å²) < 4.78 is 21.7. The normalized spacial score (nSPS) is 37.6. The number of cyclic esters (lactones) is 1. The lowest BCUT2D eigenvalue weighted by Crippen LogP contribution is -2.65. The highest BCUT2D eigenvalue weighted by atomic mass is 16.6. The van der Waals surface area contributed by atoms with Crippen molar-refractivity contribution < 1.29 is 37.8 Å². The van der Waals surface area contributed by atoms with Crippen LogP contribution < -0.4 is 5.73 Å². The van der Waals surface area contributed by atoms with E-state index in [2.05, 4.69) is 0 Å². The van der Waals surface area contributed by atoms with Gasteiger partial charge in [-0.2, -0.15) is 0 Å². The van der Waals surface area contributed by atoms with Crippen LogP contribution in [0.3, 0.4) is 0 Å². The molecule has 0 aromatic carbocycles. The molecule has 3 fully saturated rings. The van der Waals surface area contributed by atoms with E-state index in [9.17, 15) is 19.2 Å². The van der Waals surface area contributed by atoms with Crippen LogP contribution in [0.25, 0.3) is 0 Å². The van der Waals surface area contributed by atoms with Crippen molar-refractivity contribution in [2.24, 2.45) is 40.2 Å². The minimum absolute atomic E-state index is 0.0331. The van der Waals surface area contributed by atoms with E-state index in [1.807, 2.05) is 13.8 Å². The van der Waals surface area contributed by atoms with Gasteiger partial charge in [-0.05, 0) is 42.1 Å². The largest absolute Gasteiger partial charge is 0.472 e. The SMILES string of the molecule is COC(=O)[C@@H]1C[C@H](OC(=O)[C@@H](N)C(C)C)C(=O)[C@H]2[C@@]1(C)CC[C@H]1C(=O)O[C@H](c3ccoc3)C[C@]21C. The molecule has 1 aliphatic heterocycles. The molecule has 1 aromatic heterocycles. The van der Waals surface area contributed by atoms with E-state index in [0.29, 0.717) is 24.8 Å². The van der Waals surface area contributed by atoms with E-state index in [1.54, 1.807) is 19.9 Å². The van der Waals surface area contributed by atoms with E-state index < -0.39 is 58.8 Å². The van der Waals surface area contributed by atoms with Crippen molar-refractivity contribution in [1.29, 1.82) is 0 Å². The molecule has 3 aliphatic rings. The van der Waals surface area contributed by atoms with Gasteiger partial charge >= 0.3 is 17.9 Å². The molecule has 0 spiro atoms. The molecule has 1 aromatic rings. The molecule has 2 N–H and O–H groups in total. The quantitative estimate of drug-likeness (QED) is 0.489. The first-order valence-electron chi connectivity index (χ1n) is 12.2.